The molecule has 0 aromatic heterocycles. The van der Waals surface area contributed by atoms with Crippen LogP contribution in [-0.4, -0.2) is 59.8 Å². The second kappa shape index (κ2) is 13.8. The van der Waals surface area contributed by atoms with E-state index in [0.29, 0.717) is 30.6 Å². The molecule has 4 aliphatic rings. The van der Waals surface area contributed by atoms with Gasteiger partial charge in [-0.2, -0.15) is 0 Å². The molecule has 0 bridgehead atoms. The van der Waals surface area contributed by atoms with Gasteiger partial charge in [-0.25, -0.2) is 0 Å². The largest absolute Gasteiger partial charge is 0.394 e. The van der Waals surface area contributed by atoms with Crippen molar-refractivity contribution in [2.75, 3.05) is 16.4 Å². The summed E-state index contributed by atoms with van der Waals surface area (Å²) in [6.07, 6.45) is 0.335. The molecule has 4 aromatic rings. The highest BCUT2D eigenvalue weighted by atomic mass is 28.4. The minimum atomic E-state index is -3.66. The van der Waals surface area contributed by atoms with Gasteiger partial charge in [-0.05, 0) is 72.5 Å². The van der Waals surface area contributed by atoms with Crippen LogP contribution < -0.4 is 9.80 Å². The van der Waals surface area contributed by atoms with E-state index in [1.807, 2.05) is 72.8 Å². The second-order valence-corrected chi connectivity index (χ2v) is 19.5. The molecule has 4 heterocycles. The molecule has 8 rings (SSSR count). The SMILES string of the molecule is C[C@H]1[C@H]([Si](C)(C)F)[C@@H](CC(=O)N2Cc3ccccc3C[C@H]2CO)O[C@]12C(=O)N(Cc1ccc(N3C(=O)CCc4ccccc43)cc1)c1ccc([N+](=O)[O-])cc12. The van der Waals surface area contributed by atoms with Crippen LogP contribution in [0.2, 0.25) is 18.6 Å². The Morgan fingerprint density at radius 3 is 2.35 bits per heavy atom. The van der Waals surface area contributed by atoms with Crippen LogP contribution in [0.25, 0.3) is 0 Å². The average molecular weight is 763 g/mol. The number of ether oxygens (including phenoxy) is 1. The number of halogens is 1. The van der Waals surface area contributed by atoms with Gasteiger partial charge in [-0.3, -0.25) is 29.4 Å². The lowest BCUT2D eigenvalue weighted by molar-refractivity contribution is -0.385. The second-order valence-electron chi connectivity index (χ2n) is 15.7. The van der Waals surface area contributed by atoms with Gasteiger partial charge in [0.15, 0.2) is 5.60 Å². The quantitative estimate of drug-likeness (QED) is 0.0898. The van der Waals surface area contributed by atoms with Gasteiger partial charge in [-0.15, -0.1) is 0 Å². The van der Waals surface area contributed by atoms with E-state index in [0.717, 1.165) is 27.9 Å². The fourth-order valence-corrected chi connectivity index (χ4v) is 12.0. The maximum atomic E-state index is 16.6. The molecule has 1 spiro atoms. The molecule has 11 nitrogen and oxygen atoms in total. The average Bonchev–Trinajstić information content (AvgIpc) is 3.60. The van der Waals surface area contributed by atoms with Gasteiger partial charge in [0.05, 0.1) is 48.0 Å². The van der Waals surface area contributed by atoms with Crippen LogP contribution in [-0.2, 0) is 50.7 Å². The van der Waals surface area contributed by atoms with Crippen molar-refractivity contribution >= 4 is 48.9 Å². The van der Waals surface area contributed by atoms with Gasteiger partial charge in [-0.1, -0.05) is 61.5 Å². The van der Waals surface area contributed by atoms with Gasteiger partial charge in [0.2, 0.25) is 20.2 Å². The number of non-ortho nitro benzene ring substituents is 1. The van der Waals surface area contributed by atoms with E-state index in [1.54, 1.807) is 29.8 Å². The molecule has 1 fully saturated rings. The molecule has 1 N–H and O–H groups in total. The van der Waals surface area contributed by atoms with Gasteiger partial charge >= 0.3 is 0 Å². The first-order valence-electron chi connectivity index (χ1n) is 18.8. The number of carbonyl (C=O) groups excluding carboxylic acids is 3. The minimum Gasteiger partial charge on any atom is -0.394 e. The van der Waals surface area contributed by atoms with Gasteiger partial charge in [0.1, 0.15) is 0 Å². The van der Waals surface area contributed by atoms with E-state index in [-0.39, 0.29) is 49.2 Å². The third-order valence-electron chi connectivity index (χ3n) is 12.0. The predicted octanol–water partition coefficient (Wildman–Crippen LogP) is 6.86. The number of aliphatic hydroxyl groups is 1. The molecule has 13 heteroatoms. The number of aryl methyl sites for hydroxylation is 1. The molecule has 284 valence electrons. The summed E-state index contributed by atoms with van der Waals surface area (Å²) in [5, 5.41) is 22.4. The van der Waals surface area contributed by atoms with Crippen LogP contribution in [0.5, 0.6) is 0 Å². The number of nitro benzene ring substituents is 1. The summed E-state index contributed by atoms with van der Waals surface area (Å²) in [4.78, 5) is 58.6. The molecule has 0 saturated carbocycles. The fourth-order valence-electron chi connectivity index (χ4n) is 9.48. The Balaban J connectivity index is 1.12. The van der Waals surface area contributed by atoms with Crippen molar-refractivity contribution in [3.05, 3.63) is 129 Å². The van der Waals surface area contributed by atoms with Crippen molar-refractivity contribution < 1.29 is 33.3 Å². The standard InChI is InChI=1S/C42H43FN4O7Si/c1-26-40(55(2,3)43)37(22-39(50)44-24-30-10-5-4-9-29(30)20-33(44)25-48)54-42(26)34-21-32(47(52)53)17-18-36(34)45(41(42)51)23-27-12-15-31(16-13-27)46-35-11-7-6-8-28(35)14-19-38(46)49/h4-13,15-18,21,26,33,37,40,48H,14,19-20,22-25H2,1-3H3/t26-,33-,37+,40-,42+/m0/s1. The summed E-state index contributed by atoms with van der Waals surface area (Å²) in [7, 11) is -3.66. The highest BCUT2D eigenvalue weighted by molar-refractivity contribution is 6.72. The number of hydrogen-bond acceptors (Lipinski definition) is 7. The number of rotatable bonds is 8. The van der Waals surface area contributed by atoms with Crippen LogP contribution in [0.3, 0.4) is 0 Å². The molecule has 0 aliphatic carbocycles. The zero-order valence-corrected chi connectivity index (χ0v) is 32.0. The third kappa shape index (κ3) is 6.14. The Labute approximate surface area is 319 Å². The molecule has 0 unspecified atom stereocenters. The maximum absolute atomic E-state index is 16.6. The van der Waals surface area contributed by atoms with Gasteiger partial charge in [0.25, 0.3) is 11.6 Å². The molecule has 1 saturated heterocycles. The number of carbonyl (C=O) groups is 3. The van der Waals surface area contributed by atoms with Gasteiger partial charge < -0.3 is 23.8 Å². The van der Waals surface area contributed by atoms with Crippen molar-refractivity contribution in [3.8, 4) is 0 Å². The zero-order chi connectivity index (χ0) is 38.8. The van der Waals surface area contributed by atoms with E-state index in [4.69, 9.17) is 4.74 Å². The lowest BCUT2D eigenvalue weighted by Gasteiger charge is -2.37. The zero-order valence-electron chi connectivity index (χ0n) is 31.0. The number of benzene rings is 4. The number of amides is 3. The van der Waals surface area contributed by atoms with Crippen molar-refractivity contribution in [2.45, 2.75) is 82.1 Å². The van der Waals surface area contributed by atoms with Crippen LogP contribution in [0.1, 0.15) is 47.6 Å². The van der Waals surface area contributed by atoms with Gasteiger partial charge in [0, 0.05) is 47.8 Å². The van der Waals surface area contributed by atoms with Crippen molar-refractivity contribution in [3.63, 3.8) is 0 Å². The highest BCUT2D eigenvalue weighted by Crippen LogP contribution is 2.61. The number of nitro groups is 1. The van der Waals surface area contributed by atoms with E-state index < -0.39 is 48.4 Å². The topological polar surface area (TPSA) is 134 Å². The lowest BCUT2D eigenvalue weighted by Crippen LogP contribution is -2.48. The van der Waals surface area contributed by atoms with Crippen LogP contribution in [0.15, 0.2) is 91.0 Å². The summed E-state index contributed by atoms with van der Waals surface area (Å²) in [5.41, 5.74) is 3.28. The number of anilines is 3. The number of para-hydroxylation sites is 1. The van der Waals surface area contributed by atoms with Crippen molar-refractivity contribution in [1.82, 2.24) is 4.90 Å². The minimum absolute atomic E-state index is 0.00934. The Kier molecular flexibility index (Phi) is 9.22. The van der Waals surface area contributed by atoms with E-state index in [2.05, 4.69) is 0 Å². The first-order valence-corrected chi connectivity index (χ1v) is 21.7. The Morgan fingerprint density at radius 1 is 0.964 bits per heavy atom. The Hall–Kier alpha value is -5.24. The summed E-state index contributed by atoms with van der Waals surface area (Å²) in [6, 6.07) is 26.7. The molecular weight excluding hydrogens is 720 g/mol. The molecule has 3 amide bonds. The van der Waals surface area contributed by atoms with Crippen molar-refractivity contribution in [2.24, 2.45) is 5.92 Å². The van der Waals surface area contributed by atoms with Crippen LogP contribution >= 0.6 is 0 Å². The number of nitrogens with zero attached hydrogens (tertiary/aromatic N) is 4. The molecular formula is C42H43FN4O7Si. The molecule has 0 radical (unpaired) electrons. The summed E-state index contributed by atoms with van der Waals surface area (Å²) in [6.45, 7) is 4.96. The number of hydrogen-bond donors (Lipinski definition) is 1. The van der Waals surface area contributed by atoms with E-state index >= 15 is 4.11 Å². The Bertz CT molecular complexity index is 2210. The monoisotopic (exact) mass is 762 g/mol. The maximum Gasteiger partial charge on any atom is 0.269 e. The fraction of sp³-hybridized carbons (Fsp3) is 0.357. The summed E-state index contributed by atoms with van der Waals surface area (Å²) >= 11 is 0. The molecule has 4 aliphatic heterocycles. The van der Waals surface area contributed by atoms with Crippen LogP contribution in [0.4, 0.5) is 26.9 Å². The van der Waals surface area contributed by atoms with Crippen molar-refractivity contribution in [1.29, 1.82) is 0 Å². The predicted molar refractivity (Wildman–Crippen MR) is 207 cm³/mol. The van der Waals surface area contributed by atoms with E-state index in [9.17, 15) is 29.6 Å². The smallest absolute Gasteiger partial charge is 0.269 e. The first-order chi connectivity index (χ1) is 26.3. The third-order valence-corrected chi connectivity index (χ3v) is 14.5. The van der Waals surface area contributed by atoms with Crippen LogP contribution in [0, 0.1) is 16.0 Å². The normalized spacial score (nSPS) is 24.6. The number of aliphatic hydroxyl groups excluding tert-OH is 1. The Morgan fingerprint density at radius 2 is 1.65 bits per heavy atom. The number of fused-ring (bicyclic) bond motifs is 4. The lowest BCUT2D eigenvalue weighted by atomic mass is 9.82. The highest BCUT2D eigenvalue weighted by Gasteiger charge is 2.67. The molecule has 55 heavy (non-hydrogen) atoms. The molecule has 4 aromatic carbocycles. The molecule has 5 atom stereocenters. The first kappa shape index (κ1) is 36.7. The van der Waals surface area contributed by atoms with E-state index in [1.165, 1.54) is 23.1 Å². The summed E-state index contributed by atoms with van der Waals surface area (Å²) < 4.78 is 23.3. The summed E-state index contributed by atoms with van der Waals surface area (Å²) in [5.74, 6) is -1.57.